The van der Waals surface area contributed by atoms with E-state index in [0.29, 0.717) is 18.3 Å². The van der Waals surface area contributed by atoms with Gasteiger partial charge in [-0.15, -0.1) is 0 Å². The number of benzene rings is 1. The maximum absolute atomic E-state index is 8.64. The molecule has 104 valence electrons. The highest BCUT2D eigenvalue weighted by molar-refractivity contribution is 7.99. The Hall–Kier alpha value is -1.90. The topological polar surface area (TPSA) is 55.5 Å². The lowest BCUT2D eigenvalue weighted by molar-refractivity contribution is 0.305. The quantitative estimate of drug-likeness (QED) is 0.503. The van der Waals surface area contributed by atoms with Crippen molar-refractivity contribution in [1.82, 2.24) is 4.98 Å². The highest BCUT2D eigenvalue weighted by Gasteiger charge is 1.99. The Kier molecular flexibility index (Phi) is 6.03. The molecule has 0 atom stereocenters. The number of hydrogen-bond acceptors (Lipinski definition) is 5. The summed E-state index contributed by atoms with van der Waals surface area (Å²) >= 11 is 1.51. The van der Waals surface area contributed by atoms with E-state index in [1.54, 1.807) is 12.5 Å². The van der Waals surface area contributed by atoms with Crippen molar-refractivity contribution in [2.75, 3.05) is 19.0 Å². The zero-order valence-corrected chi connectivity index (χ0v) is 11.7. The molecule has 0 aliphatic rings. The Morgan fingerprint density at radius 1 is 1.30 bits per heavy atom. The van der Waals surface area contributed by atoms with Crippen molar-refractivity contribution < 1.29 is 14.3 Å². The molecular weight excluding hydrogens is 274 g/mol. The molecule has 0 spiro atoms. The number of ether oxygens (including phenoxy) is 1. The van der Waals surface area contributed by atoms with Crippen LogP contribution < -0.4 is 4.74 Å². The first kappa shape index (κ1) is 14.5. The third kappa shape index (κ3) is 5.00. The van der Waals surface area contributed by atoms with Gasteiger partial charge in [-0.2, -0.15) is 0 Å². The molecule has 20 heavy (non-hydrogen) atoms. The maximum atomic E-state index is 8.64. The van der Waals surface area contributed by atoms with Crippen LogP contribution in [0.5, 0.6) is 5.75 Å². The van der Waals surface area contributed by atoms with Gasteiger partial charge in [0.05, 0.1) is 19.4 Å². The van der Waals surface area contributed by atoms with E-state index < -0.39 is 0 Å². The lowest BCUT2D eigenvalue weighted by Gasteiger charge is -2.04. The molecule has 1 aromatic carbocycles. The van der Waals surface area contributed by atoms with E-state index in [4.69, 9.17) is 14.3 Å². The van der Waals surface area contributed by atoms with Crippen LogP contribution in [0.1, 0.15) is 12.0 Å². The van der Waals surface area contributed by atoms with E-state index in [-0.39, 0.29) is 6.61 Å². The second-order valence-corrected chi connectivity index (χ2v) is 4.84. The molecular formula is C15H15NO3S. The van der Waals surface area contributed by atoms with E-state index in [1.165, 1.54) is 11.8 Å². The number of thioether (sulfide) groups is 1. The molecule has 0 saturated heterocycles. The number of aromatic nitrogens is 1. The van der Waals surface area contributed by atoms with Gasteiger partial charge < -0.3 is 14.3 Å². The molecule has 0 aliphatic carbocycles. The van der Waals surface area contributed by atoms with E-state index >= 15 is 0 Å². The summed E-state index contributed by atoms with van der Waals surface area (Å²) in [6, 6.07) is 7.58. The highest BCUT2D eigenvalue weighted by atomic mass is 32.2. The van der Waals surface area contributed by atoms with Crippen LogP contribution in [0, 0.1) is 11.8 Å². The lowest BCUT2D eigenvalue weighted by Crippen LogP contribution is -1.99. The number of aliphatic hydroxyl groups is 1. The number of hydrogen-bond donors (Lipinski definition) is 1. The Balaban J connectivity index is 1.72. The van der Waals surface area contributed by atoms with Crippen LogP contribution in [0.25, 0.3) is 0 Å². The van der Waals surface area contributed by atoms with Crippen molar-refractivity contribution in [1.29, 1.82) is 0 Å². The first-order valence-electron chi connectivity index (χ1n) is 6.23. The summed E-state index contributed by atoms with van der Waals surface area (Å²) in [5.74, 6) is 7.43. The minimum absolute atomic E-state index is 0.0936. The second kappa shape index (κ2) is 8.31. The highest BCUT2D eigenvalue weighted by Crippen LogP contribution is 2.16. The lowest BCUT2D eigenvalue weighted by atomic mass is 10.2. The van der Waals surface area contributed by atoms with Crippen LogP contribution in [0.4, 0.5) is 0 Å². The average molecular weight is 289 g/mol. The van der Waals surface area contributed by atoms with E-state index in [0.717, 1.165) is 17.1 Å². The molecule has 5 heteroatoms. The smallest absolute Gasteiger partial charge is 0.255 e. The summed E-state index contributed by atoms with van der Waals surface area (Å²) in [6.07, 6.45) is 3.68. The zero-order valence-electron chi connectivity index (χ0n) is 10.9. The Morgan fingerprint density at radius 3 is 2.85 bits per heavy atom. The molecule has 0 fully saturated rings. The summed E-state index contributed by atoms with van der Waals surface area (Å²) < 4.78 is 10.7. The largest absolute Gasteiger partial charge is 0.493 e. The van der Waals surface area contributed by atoms with Crippen LogP contribution in [0.3, 0.4) is 0 Å². The molecule has 0 bridgehead atoms. The van der Waals surface area contributed by atoms with Crippen LogP contribution in [0.2, 0.25) is 0 Å². The summed E-state index contributed by atoms with van der Waals surface area (Å²) in [7, 11) is 0. The Morgan fingerprint density at radius 2 is 2.15 bits per heavy atom. The van der Waals surface area contributed by atoms with Gasteiger partial charge in [-0.3, -0.25) is 0 Å². The predicted octanol–water partition coefficient (Wildman–Crippen LogP) is 2.58. The van der Waals surface area contributed by atoms with Crippen molar-refractivity contribution in [3.8, 4) is 17.6 Å². The van der Waals surface area contributed by atoms with E-state index in [1.807, 2.05) is 24.3 Å². The van der Waals surface area contributed by atoms with Gasteiger partial charge in [-0.1, -0.05) is 23.6 Å². The van der Waals surface area contributed by atoms with Crippen LogP contribution in [0.15, 0.2) is 46.4 Å². The summed E-state index contributed by atoms with van der Waals surface area (Å²) in [6.45, 7) is 0.680. The average Bonchev–Trinajstić information content (AvgIpc) is 2.99. The zero-order chi connectivity index (χ0) is 14.0. The predicted molar refractivity (Wildman–Crippen MR) is 77.7 cm³/mol. The first-order chi connectivity index (χ1) is 9.88. The Bertz CT molecular complexity index is 555. The van der Waals surface area contributed by atoms with Gasteiger partial charge in [0, 0.05) is 17.7 Å². The standard InChI is InChI=1S/C15H15NO3S/c17-9-2-1-3-13-4-6-14(7-5-13)18-11-12-20-15-16-8-10-19-15/h4-8,10,17H,2,9,11-12H2. The van der Waals surface area contributed by atoms with Crippen molar-refractivity contribution in [3.63, 3.8) is 0 Å². The van der Waals surface area contributed by atoms with E-state index in [9.17, 15) is 0 Å². The maximum Gasteiger partial charge on any atom is 0.255 e. The van der Waals surface area contributed by atoms with Crippen molar-refractivity contribution in [3.05, 3.63) is 42.3 Å². The molecule has 4 nitrogen and oxygen atoms in total. The summed E-state index contributed by atoms with van der Waals surface area (Å²) in [5.41, 5.74) is 0.917. The molecule has 1 heterocycles. The van der Waals surface area contributed by atoms with Gasteiger partial charge in [0.2, 0.25) is 0 Å². The number of nitrogens with zero attached hydrogens (tertiary/aromatic N) is 1. The monoisotopic (exact) mass is 289 g/mol. The van der Waals surface area contributed by atoms with Gasteiger partial charge in [0.25, 0.3) is 5.22 Å². The SMILES string of the molecule is OCCC#Cc1ccc(OCCSc2ncco2)cc1. The fraction of sp³-hybridized carbons (Fsp3) is 0.267. The second-order valence-electron chi connectivity index (χ2n) is 3.79. The fourth-order valence-electron chi connectivity index (χ4n) is 1.43. The fourth-order valence-corrected chi connectivity index (χ4v) is 2.03. The molecule has 0 saturated carbocycles. The van der Waals surface area contributed by atoms with Crippen molar-refractivity contribution in [2.24, 2.45) is 0 Å². The number of aliphatic hydroxyl groups excluding tert-OH is 1. The normalized spacial score (nSPS) is 9.85. The molecule has 2 rings (SSSR count). The third-order valence-corrected chi connectivity index (χ3v) is 3.13. The molecule has 0 amide bonds. The van der Waals surface area contributed by atoms with E-state index in [2.05, 4.69) is 16.8 Å². The molecule has 0 aliphatic heterocycles. The van der Waals surface area contributed by atoms with Crippen LogP contribution >= 0.6 is 11.8 Å². The summed E-state index contributed by atoms with van der Waals surface area (Å²) in [5, 5.41) is 9.30. The minimum Gasteiger partial charge on any atom is -0.493 e. The minimum atomic E-state index is 0.0936. The van der Waals surface area contributed by atoms with Crippen molar-refractivity contribution >= 4 is 11.8 Å². The van der Waals surface area contributed by atoms with Gasteiger partial charge in [-0.05, 0) is 24.3 Å². The number of oxazole rings is 1. The van der Waals surface area contributed by atoms with Crippen LogP contribution in [-0.4, -0.2) is 29.1 Å². The van der Waals surface area contributed by atoms with Gasteiger partial charge in [0.15, 0.2) is 0 Å². The van der Waals surface area contributed by atoms with Gasteiger partial charge in [0.1, 0.15) is 12.0 Å². The molecule has 0 unspecified atom stereocenters. The Labute approximate surface area is 122 Å². The molecule has 0 radical (unpaired) electrons. The molecule has 1 aromatic heterocycles. The molecule has 1 N–H and O–H groups in total. The first-order valence-corrected chi connectivity index (χ1v) is 7.22. The van der Waals surface area contributed by atoms with Gasteiger partial charge >= 0.3 is 0 Å². The third-order valence-electron chi connectivity index (χ3n) is 2.31. The van der Waals surface area contributed by atoms with Gasteiger partial charge in [-0.25, -0.2) is 4.98 Å². The number of rotatable bonds is 6. The summed E-state index contributed by atoms with van der Waals surface area (Å²) in [4.78, 5) is 4.02. The van der Waals surface area contributed by atoms with Crippen molar-refractivity contribution in [2.45, 2.75) is 11.6 Å². The van der Waals surface area contributed by atoms with Crippen LogP contribution in [-0.2, 0) is 0 Å². The molecule has 2 aromatic rings.